The fourth-order valence-electron chi connectivity index (χ4n) is 5.21. The van der Waals surface area contributed by atoms with Crippen LogP contribution < -0.4 is 0 Å². The van der Waals surface area contributed by atoms with Crippen LogP contribution in [0.5, 0.6) is 0 Å². The highest BCUT2D eigenvalue weighted by molar-refractivity contribution is 6.70. The number of rotatable bonds is 6. The molecule has 2 bridgehead atoms. The summed E-state index contributed by atoms with van der Waals surface area (Å²) in [6.07, 6.45) is 4.26. The normalized spacial score (nSPS) is 39.7. The Bertz CT molecular complexity index is 393. The van der Waals surface area contributed by atoms with E-state index in [-0.39, 0.29) is 10.8 Å². The molecule has 3 nitrogen and oxygen atoms in total. The number of fused-ring (bicyclic) bond motifs is 2. The standard InChI is InChI=1S/C17H34O3Si/c1-8-13(2)12-21(19-6,20-7)17(18)11-14-9-10-16(17,5)15(14,3)4/h13-14,18H,8-12H2,1-7H3. The molecule has 4 atom stereocenters. The minimum absolute atomic E-state index is 0.101. The van der Waals surface area contributed by atoms with Gasteiger partial charge in [-0.3, -0.25) is 0 Å². The topological polar surface area (TPSA) is 38.7 Å². The zero-order chi connectivity index (χ0) is 16.1. The monoisotopic (exact) mass is 314 g/mol. The summed E-state index contributed by atoms with van der Waals surface area (Å²) in [4.78, 5) is 0. The van der Waals surface area contributed by atoms with Gasteiger partial charge in [-0.2, -0.15) is 0 Å². The fourth-order valence-corrected chi connectivity index (χ4v) is 9.78. The molecule has 0 aromatic rings. The lowest BCUT2D eigenvalue weighted by Gasteiger charge is -2.52. The molecule has 2 aliphatic carbocycles. The highest BCUT2D eigenvalue weighted by atomic mass is 28.4. The molecule has 0 radical (unpaired) electrons. The van der Waals surface area contributed by atoms with Crippen molar-refractivity contribution in [1.29, 1.82) is 0 Å². The zero-order valence-corrected chi connectivity index (χ0v) is 16.0. The third kappa shape index (κ3) is 2.02. The van der Waals surface area contributed by atoms with Crippen molar-refractivity contribution in [3.8, 4) is 0 Å². The van der Waals surface area contributed by atoms with Crippen LogP contribution in [0.3, 0.4) is 0 Å². The smallest absolute Gasteiger partial charge is 0.371 e. The average Bonchev–Trinajstić information content (AvgIpc) is 2.76. The predicted octanol–water partition coefficient (Wildman–Crippen LogP) is 3.88. The van der Waals surface area contributed by atoms with Crippen LogP contribution in [0.15, 0.2) is 0 Å². The molecule has 1 N–H and O–H groups in total. The Hall–Kier alpha value is 0.0969. The maximum absolute atomic E-state index is 11.8. The number of hydrogen-bond donors (Lipinski definition) is 1. The molecule has 0 heterocycles. The Balaban J connectivity index is 2.46. The summed E-state index contributed by atoms with van der Waals surface area (Å²) in [7, 11) is 0.819. The van der Waals surface area contributed by atoms with Gasteiger partial charge in [0.15, 0.2) is 0 Å². The van der Waals surface area contributed by atoms with Gasteiger partial charge in [-0.15, -0.1) is 0 Å². The molecule has 0 saturated heterocycles. The molecule has 124 valence electrons. The van der Waals surface area contributed by atoms with Crippen LogP contribution in [0.1, 0.15) is 60.3 Å². The first-order chi connectivity index (χ1) is 9.64. The van der Waals surface area contributed by atoms with Crippen molar-refractivity contribution in [1.82, 2.24) is 0 Å². The van der Waals surface area contributed by atoms with Crippen LogP contribution in [-0.2, 0) is 8.85 Å². The average molecular weight is 315 g/mol. The van der Waals surface area contributed by atoms with Gasteiger partial charge in [0.1, 0.15) is 5.22 Å². The van der Waals surface area contributed by atoms with E-state index in [0.717, 1.165) is 25.3 Å². The van der Waals surface area contributed by atoms with E-state index in [1.165, 1.54) is 6.42 Å². The predicted molar refractivity (Wildman–Crippen MR) is 88.2 cm³/mol. The van der Waals surface area contributed by atoms with E-state index < -0.39 is 13.8 Å². The zero-order valence-electron chi connectivity index (χ0n) is 15.0. The molecule has 0 aromatic carbocycles. The lowest BCUT2D eigenvalue weighted by atomic mass is 9.69. The maximum atomic E-state index is 11.8. The minimum atomic E-state index is -2.68. The summed E-state index contributed by atoms with van der Waals surface area (Å²) in [5.74, 6) is 1.10. The molecular weight excluding hydrogens is 280 g/mol. The van der Waals surface area contributed by atoms with Gasteiger partial charge in [0, 0.05) is 19.6 Å². The van der Waals surface area contributed by atoms with Crippen LogP contribution in [-0.4, -0.2) is 33.1 Å². The van der Waals surface area contributed by atoms with Gasteiger partial charge in [0.25, 0.3) is 0 Å². The third-order valence-electron chi connectivity index (χ3n) is 7.49. The minimum Gasteiger partial charge on any atom is -0.396 e. The Kier molecular flexibility index (Phi) is 4.43. The number of aliphatic hydroxyl groups is 1. The van der Waals surface area contributed by atoms with Crippen LogP contribution >= 0.6 is 0 Å². The summed E-state index contributed by atoms with van der Waals surface area (Å²) in [6, 6.07) is 0.880. The summed E-state index contributed by atoms with van der Waals surface area (Å²) < 4.78 is 12.0. The van der Waals surface area contributed by atoms with Crippen molar-refractivity contribution < 1.29 is 14.0 Å². The molecule has 2 fully saturated rings. The second-order valence-corrected chi connectivity index (χ2v) is 11.8. The van der Waals surface area contributed by atoms with Gasteiger partial charge < -0.3 is 14.0 Å². The van der Waals surface area contributed by atoms with Crippen LogP contribution in [0.2, 0.25) is 6.04 Å². The molecular formula is C17H34O3Si. The van der Waals surface area contributed by atoms with Crippen LogP contribution in [0.25, 0.3) is 0 Å². The van der Waals surface area contributed by atoms with E-state index >= 15 is 0 Å². The van der Waals surface area contributed by atoms with E-state index in [1.54, 1.807) is 14.2 Å². The Morgan fingerprint density at radius 3 is 2.14 bits per heavy atom. The molecule has 2 saturated carbocycles. The molecule has 0 amide bonds. The van der Waals surface area contributed by atoms with E-state index in [9.17, 15) is 5.11 Å². The molecule has 0 aromatic heterocycles. The first kappa shape index (κ1) is 17.5. The Morgan fingerprint density at radius 2 is 1.81 bits per heavy atom. The highest BCUT2D eigenvalue weighted by Crippen LogP contribution is 2.71. The first-order valence-corrected chi connectivity index (χ1v) is 10.5. The maximum Gasteiger partial charge on any atom is 0.371 e. The van der Waals surface area contributed by atoms with Gasteiger partial charge in [0.2, 0.25) is 0 Å². The highest BCUT2D eigenvalue weighted by Gasteiger charge is 2.76. The largest absolute Gasteiger partial charge is 0.396 e. The fraction of sp³-hybridized carbons (Fsp3) is 1.00. The first-order valence-electron chi connectivity index (χ1n) is 8.47. The summed E-state index contributed by atoms with van der Waals surface area (Å²) in [6.45, 7) is 11.4. The molecule has 2 rings (SSSR count). The van der Waals surface area contributed by atoms with Crippen molar-refractivity contribution in [3.05, 3.63) is 0 Å². The van der Waals surface area contributed by atoms with Crippen LogP contribution in [0.4, 0.5) is 0 Å². The molecule has 4 unspecified atom stereocenters. The van der Waals surface area contributed by atoms with Crippen molar-refractivity contribution in [3.63, 3.8) is 0 Å². The van der Waals surface area contributed by atoms with Crippen molar-refractivity contribution >= 4 is 8.56 Å². The SMILES string of the molecule is CCC(C)C[Si](OC)(OC)C1(O)CC2CCC1(C)C2(C)C. The van der Waals surface area contributed by atoms with Gasteiger partial charge in [-0.25, -0.2) is 0 Å². The van der Waals surface area contributed by atoms with Crippen molar-refractivity contribution in [2.75, 3.05) is 14.2 Å². The van der Waals surface area contributed by atoms with Crippen LogP contribution in [0, 0.1) is 22.7 Å². The van der Waals surface area contributed by atoms with Gasteiger partial charge in [0.05, 0.1) is 0 Å². The third-order valence-corrected chi connectivity index (χ3v) is 12.1. The summed E-state index contributed by atoms with van der Waals surface area (Å²) >= 11 is 0. The van der Waals surface area contributed by atoms with Gasteiger partial charge >= 0.3 is 8.56 Å². The second kappa shape index (κ2) is 5.33. The van der Waals surface area contributed by atoms with E-state index in [4.69, 9.17) is 8.85 Å². The second-order valence-electron chi connectivity index (χ2n) is 8.23. The van der Waals surface area contributed by atoms with Crippen molar-refractivity contribution in [2.45, 2.75) is 71.6 Å². The van der Waals surface area contributed by atoms with E-state index in [0.29, 0.717) is 11.8 Å². The van der Waals surface area contributed by atoms with Gasteiger partial charge in [-0.05, 0) is 42.6 Å². The summed E-state index contributed by atoms with van der Waals surface area (Å²) in [5, 5.41) is 11.1. The van der Waals surface area contributed by atoms with E-state index in [2.05, 4.69) is 34.6 Å². The Labute approximate surface area is 131 Å². The lowest BCUT2D eigenvalue weighted by Crippen LogP contribution is -2.69. The lowest BCUT2D eigenvalue weighted by molar-refractivity contribution is -0.0655. The van der Waals surface area contributed by atoms with Gasteiger partial charge in [-0.1, -0.05) is 41.0 Å². The van der Waals surface area contributed by atoms with E-state index in [1.807, 2.05) is 0 Å². The quantitative estimate of drug-likeness (QED) is 0.756. The van der Waals surface area contributed by atoms with Crippen molar-refractivity contribution in [2.24, 2.45) is 22.7 Å². The Morgan fingerprint density at radius 1 is 1.24 bits per heavy atom. The molecule has 4 heteroatoms. The molecule has 21 heavy (non-hydrogen) atoms. The number of hydrogen-bond acceptors (Lipinski definition) is 3. The summed E-state index contributed by atoms with van der Waals surface area (Å²) in [5.41, 5.74) is 0.0584. The molecule has 0 spiro atoms. The molecule has 2 aliphatic rings. The molecule has 0 aliphatic heterocycles.